The molecule has 0 saturated heterocycles. The van der Waals surface area contributed by atoms with Gasteiger partial charge in [-0.1, -0.05) is 267 Å². The average molecular weight is 1340 g/mol. The predicted molar refractivity (Wildman–Crippen MR) is 372 cm³/mol. The Morgan fingerprint density at radius 1 is 0.315 bits per heavy atom. The first-order valence-corrected chi connectivity index (χ1v) is 38.8. The third kappa shape index (κ3) is 64.9. The molecule has 0 aliphatic rings. The number of phosphoric ester groups is 2. The summed E-state index contributed by atoms with van der Waals surface area (Å²) in [5, 5.41) is 10.6. The Morgan fingerprint density at radius 3 is 0.957 bits per heavy atom. The van der Waals surface area contributed by atoms with E-state index in [-0.39, 0.29) is 25.7 Å². The first kappa shape index (κ1) is 88.2. The number of unbranched alkanes of at least 4 members (excludes halogenated alkanes) is 27. The summed E-state index contributed by atoms with van der Waals surface area (Å²) in [4.78, 5) is 72.5. The third-order valence-corrected chi connectivity index (χ3v) is 16.8. The number of allylic oxidation sites excluding steroid dienone is 14. The van der Waals surface area contributed by atoms with Crippen LogP contribution in [0.4, 0.5) is 0 Å². The predicted octanol–water partition coefficient (Wildman–Crippen LogP) is 19.9. The number of carbonyl (C=O) groups is 4. The van der Waals surface area contributed by atoms with E-state index in [1.807, 2.05) is 12.2 Å². The van der Waals surface area contributed by atoms with Crippen molar-refractivity contribution in [2.45, 2.75) is 316 Å². The van der Waals surface area contributed by atoms with E-state index in [0.717, 1.165) is 135 Å². The second-order valence-electron chi connectivity index (χ2n) is 23.8. The summed E-state index contributed by atoms with van der Waals surface area (Å²) >= 11 is 0. The number of hydrogen-bond donors (Lipinski definition) is 3. The molecule has 5 atom stereocenters. The molecule has 0 aromatic carbocycles. The quantitative estimate of drug-likeness (QED) is 0.0169. The van der Waals surface area contributed by atoms with Crippen molar-refractivity contribution in [2.24, 2.45) is 0 Å². The van der Waals surface area contributed by atoms with Crippen molar-refractivity contribution in [1.29, 1.82) is 0 Å². The molecule has 19 heteroatoms. The number of carbonyl (C=O) groups excluding carboxylic acids is 4. The van der Waals surface area contributed by atoms with E-state index in [2.05, 4.69) is 101 Å². The summed E-state index contributed by atoms with van der Waals surface area (Å²) in [6.07, 6.45) is 64.6. The highest BCUT2D eigenvalue weighted by atomic mass is 31.2. The fourth-order valence-electron chi connectivity index (χ4n) is 9.41. The minimum absolute atomic E-state index is 0.0856. The number of rotatable bonds is 67. The van der Waals surface area contributed by atoms with Crippen LogP contribution in [0, 0.1) is 0 Å². The lowest BCUT2D eigenvalue weighted by Crippen LogP contribution is -2.30. The smallest absolute Gasteiger partial charge is 0.462 e. The van der Waals surface area contributed by atoms with Gasteiger partial charge in [-0.05, 0) is 89.9 Å². The van der Waals surface area contributed by atoms with Crippen molar-refractivity contribution < 1.29 is 80.2 Å². The van der Waals surface area contributed by atoms with Crippen LogP contribution in [-0.2, 0) is 65.4 Å². The largest absolute Gasteiger partial charge is 0.472 e. The second kappa shape index (κ2) is 65.9. The maximum Gasteiger partial charge on any atom is 0.472 e. The van der Waals surface area contributed by atoms with Crippen molar-refractivity contribution >= 4 is 39.5 Å². The highest BCUT2D eigenvalue weighted by molar-refractivity contribution is 7.47. The number of esters is 4. The lowest BCUT2D eigenvalue weighted by Gasteiger charge is -2.21. The Bertz CT molecular complexity index is 2090. The molecule has 0 radical (unpaired) electrons. The summed E-state index contributed by atoms with van der Waals surface area (Å²) in [6, 6.07) is 0. The van der Waals surface area contributed by atoms with E-state index in [9.17, 15) is 43.2 Å². The summed E-state index contributed by atoms with van der Waals surface area (Å²) < 4.78 is 68.2. The molecule has 3 N–H and O–H groups in total. The summed E-state index contributed by atoms with van der Waals surface area (Å²) in [5.74, 6) is -2.24. The third-order valence-electron chi connectivity index (χ3n) is 14.9. The molecule has 0 aromatic rings. The second-order valence-corrected chi connectivity index (χ2v) is 26.7. The van der Waals surface area contributed by atoms with Crippen LogP contribution in [0.25, 0.3) is 0 Å². The zero-order chi connectivity index (χ0) is 67.5. The van der Waals surface area contributed by atoms with Crippen LogP contribution in [0.2, 0.25) is 0 Å². The number of phosphoric acid groups is 2. The molecule has 0 saturated carbocycles. The average Bonchev–Trinajstić information content (AvgIpc) is 2.31. The van der Waals surface area contributed by atoms with Crippen molar-refractivity contribution in [3.8, 4) is 0 Å². The fraction of sp³-hybridized carbons (Fsp3) is 0.753. The molecule has 0 aliphatic heterocycles. The van der Waals surface area contributed by atoms with Crippen molar-refractivity contribution in [1.82, 2.24) is 0 Å². The minimum Gasteiger partial charge on any atom is -0.462 e. The van der Waals surface area contributed by atoms with E-state index in [4.69, 9.17) is 37.0 Å². The van der Waals surface area contributed by atoms with Crippen LogP contribution in [0.5, 0.6) is 0 Å². The van der Waals surface area contributed by atoms with Crippen LogP contribution >= 0.6 is 15.6 Å². The minimum atomic E-state index is -4.97. The molecule has 532 valence electrons. The Labute approximate surface area is 557 Å². The molecule has 0 fully saturated rings. The number of aliphatic hydroxyl groups is 1. The highest BCUT2D eigenvalue weighted by Crippen LogP contribution is 2.45. The van der Waals surface area contributed by atoms with Crippen molar-refractivity contribution in [3.05, 3.63) is 85.1 Å². The Kier molecular flexibility index (Phi) is 63.2. The maximum atomic E-state index is 13.0. The first-order valence-electron chi connectivity index (χ1n) is 35.8. The summed E-state index contributed by atoms with van der Waals surface area (Å²) in [5.41, 5.74) is 0. The van der Waals surface area contributed by atoms with E-state index < -0.39 is 97.5 Å². The van der Waals surface area contributed by atoms with Gasteiger partial charge in [0.1, 0.15) is 19.3 Å². The van der Waals surface area contributed by atoms with E-state index in [0.29, 0.717) is 32.1 Å². The van der Waals surface area contributed by atoms with Gasteiger partial charge >= 0.3 is 39.5 Å². The van der Waals surface area contributed by atoms with Gasteiger partial charge < -0.3 is 33.8 Å². The zero-order valence-corrected chi connectivity index (χ0v) is 59.5. The fourth-order valence-corrected chi connectivity index (χ4v) is 11.0. The zero-order valence-electron chi connectivity index (χ0n) is 57.7. The normalized spacial score (nSPS) is 14.6. The van der Waals surface area contributed by atoms with Crippen molar-refractivity contribution in [2.75, 3.05) is 39.6 Å². The van der Waals surface area contributed by atoms with E-state index in [1.54, 1.807) is 0 Å². The van der Waals surface area contributed by atoms with Gasteiger partial charge in [-0.2, -0.15) is 0 Å². The standard InChI is InChI=1S/C73H128O17P2/c1-5-9-13-17-21-25-29-31-32-33-34-36-40-42-46-50-54-58-71(76)84-64-69(90-73(78)60-56-52-48-44-38-28-24-20-16-12-8-4)66-88-92(81,82)86-62-67(74)61-85-91(79,80)87-65-68(89-72(77)59-55-51-47-43-37-27-23-19-15-11-7-3)63-83-70(75)57-53-49-45-41-39-35-30-26-22-18-14-10-6-2/h9,13-14,18,21,25-26,30-32,34,36,42,46,67-69,74H,5-8,10-12,15-17,19-20,22-24,27-29,33,35,37-41,43-45,47-66H2,1-4H3,(H,79,80)(H,81,82)/b13-9-,18-14-,25-21-,30-26-,32-31-,36-34-,46-42-. The van der Waals surface area contributed by atoms with E-state index >= 15 is 0 Å². The SMILES string of the molecule is CC/C=C\C/C=C\C/C=C\C/C=C\C/C=C\CCCC(=O)OCC(COP(=O)(O)OCC(O)COP(=O)(O)OCC(COC(=O)CCCCCCC/C=C\C/C=C\CCC)OC(=O)CCCCCCCCCCCCC)OC(=O)CCCCCCCCCCCCC. The first-order chi connectivity index (χ1) is 44.7. The van der Waals surface area contributed by atoms with E-state index in [1.165, 1.54) is 77.0 Å². The van der Waals surface area contributed by atoms with Gasteiger partial charge in [0.25, 0.3) is 0 Å². The van der Waals surface area contributed by atoms with Gasteiger partial charge in [-0.3, -0.25) is 37.3 Å². The number of ether oxygens (including phenoxy) is 4. The Morgan fingerprint density at radius 2 is 0.598 bits per heavy atom. The van der Waals surface area contributed by atoms with Gasteiger partial charge in [0.05, 0.1) is 26.4 Å². The van der Waals surface area contributed by atoms with Crippen LogP contribution < -0.4 is 0 Å². The number of hydrogen-bond acceptors (Lipinski definition) is 15. The Hall–Kier alpha value is -3.76. The number of aliphatic hydroxyl groups excluding tert-OH is 1. The van der Waals surface area contributed by atoms with Crippen LogP contribution in [0.1, 0.15) is 297 Å². The molecule has 0 aliphatic carbocycles. The molecule has 0 heterocycles. The molecule has 0 aromatic heterocycles. The topological polar surface area (TPSA) is 237 Å². The van der Waals surface area contributed by atoms with Gasteiger partial charge in [-0.25, -0.2) is 9.13 Å². The highest BCUT2D eigenvalue weighted by Gasteiger charge is 2.30. The van der Waals surface area contributed by atoms with Crippen LogP contribution in [0.15, 0.2) is 85.1 Å². The van der Waals surface area contributed by atoms with Gasteiger partial charge in [0, 0.05) is 25.7 Å². The van der Waals surface area contributed by atoms with Gasteiger partial charge in [0.2, 0.25) is 0 Å². The van der Waals surface area contributed by atoms with Crippen molar-refractivity contribution in [3.63, 3.8) is 0 Å². The molecular formula is C73H128O17P2. The Balaban J connectivity index is 5.34. The molecule has 92 heavy (non-hydrogen) atoms. The molecule has 0 amide bonds. The molecule has 0 spiro atoms. The molecule has 17 nitrogen and oxygen atoms in total. The molecule has 5 unspecified atom stereocenters. The lowest BCUT2D eigenvalue weighted by atomic mass is 10.1. The molecular weight excluding hydrogens is 1210 g/mol. The lowest BCUT2D eigenvalue weighted by molar-refractivity contribution is -0.161. The van der Waals surface area contributed by atoms with Crippen LogP contribution in [0.3, 0.4) is 0 Å². The van der Waals surface area contributed by atoms with Gasteiger partial charge in [0.15, 0.2) is 12.2 Å². The summed E-state index contributed by atoms with van der Waals surface area (Å²) in [6.45, 7) is 4.60. The molecule has 0 rings (SSSR count). The van der Waals surface area contributed by atoms with Gasteiger partial charge in [-0.15, -0.1) is 0 Å². The summed E-state index contributed by atoms with van der Waals surface area (Å²) in [7, 11) is -9.94. The monoisotopic (exact) mass is 1340 g/mol. The van der Waals surface area contributed by atoms with Crippen LogP contribution in [-0.4, -0.2) is 96.7 Å². The maximum absolute atomic E-state index is 13.0. The molecule has 0 bridgehead atoms.